The molecule has 2 aliphatic carbocycles. The second-order valence-electron chi connectivity index (χ2n) is 9.09. The monoisotopic (exact) mass is 353 g/mol. The number of benzene rings is 1. The summed E-state index contributed by atoms with van der Waals surface area (Å²) in [5.41, 5.74) is 3.54. The van der Waals surface area contributed by atoms with Crippen LogP contribution in [0.4, 0.5) is 0 Å². The number of nitrogens with one attached hydrogen (secondary N) is 1. The van der Waals surface area contributed by atoms with E-state index in [9.17, 15) is 10.2 Å². The van der Waals surface area contributed by atoms with Crippen molar-refractivity contribution in [3.8, 4) is 0 Å². The van der Waals surface area contributed by atoms with E-state index in [4.69, 9.17) is 0 Å². The van der Waals surface area contributed by atoms with Crippen LogP contribution < -0.4 is 0 Å². The molecule has 2 saturated carbocycles. The van der Waals surface area contributed by atoms with Crippen LogP contribution in [0.1, 0.15) is 45.1 Å². The van der Waals surface area contributed by atoms with Crippen molar-refractivity contribution in [2.24, 2.45) is 22.7 Å². The number of allylic oxidation sites excluding steroid dienone is 1. The largest absolute Gasteiger partial charge is 0.396 e. The Kier molecular flexibility index (Phi) is 4.28. The molecule has 0 saturated heterocycles. The molecule has 2 aliphatic rings. The lowest BCUT2D eigenvalue weighted by molar-refractivity contribution is -0.151. The molecule has 1 aromatic heterocycles. The third-order valence-electron chi connectivity index (χ3n) is 7.79. The van der Waals surface area contributed by atoms with Crippen LogP contribution >= 0.6 is 0 Å². The van der Waals surface area contributed by atoms with E-state index in [0.717, 1.165) is 32.1 Å². The molecule has 4 rings (SSSR count). The summed E-state index contributed by atoms with van der Waals surface area (Å²) < 4.78 is 0. The van der Waals surface area contributed by atoms with Crippen molar-refractivity contribution in [1.29, 1.82) is 0 Å². The minimum Gasteiger partial charge on any atom is -0.396 e. The fraction of sp³-hybridized carbons (Fsp3) is 0.565. The maximum Gasteiger partial charge on any atom is 0.0618 e. The van der Waals surface area contributed by atoms with Gasteiger partial charge in [-0.05, 0) is 61.0 Å². The van der Waals surface area contributed by atoms with E-state index in [2.05, 4.69) is 55.9 Å². The number of rotatable bonds is 3. The molecule has 0 amide bonds. The molecule has 3 N–H and O–H groups in total. The number of hydrogen-bond donors (Lipinski definition) is 3. The van der Waals surface area contributed by atoms with Gasteiger partial charge in [-0.25, -0.2) is 0 Å². The van der Waals surface area contributed by atoms with Gasteiger partial charge in [-0.15, -0.1) is 0 Å². The molecule has 2 aromatic rings. The fourth-order valence-corrected chi connectivity index (χ4v) is 6.10. The summed E-state index contributed by atoms with van der Waals surface area (Å²) in [7, 11) is 0. The predicted octanol–water partition coefficient (Wildman–Crippen LogP) is 4.45. The maximum absolute atomic E-state index is 10.6. The smallest absolute Gasteiger partial charge is 0.0618 e. The van der Waals surface area contributed by atoms with Gasteiger partial charge in [0.1, 0.15) is 0 Å². The van der Waals surface area contributed by atoms with E-state index < -0.39 is 11.5 Å². The molecular weight excluding hydrogens is 322 g/mol. The third-order valence-corrected chi connectivity index (χ3v) is 7.79. The summed E-state index contributed by atoms with van der Waals surface area (Å²) in [5.74, 6) is 0.711. The number of para-hydroxylation sites is 1. The number of hydrogen-bond acceptors (Lipinski definition) is 2. The van der Waals surface area contributed by atoms with E-state index in [1.165, 1.54) is 22.0 Å². The normalized spacial score (nSPS) is 37.7. The number of H-pyrrole nitrogens is 1. The first kappa shape index (κ1) is 17.8. The Morgan fingerprint density at radius 3 is 2.77 bits per heavy atom. The summed E-state index contributed by atoms with van der Waals surface area (Å²) in [6, 6.07) is 8.47. The fourth-order valence-electron chi connectivity index (χ4n) is 6.10. The van der Waals surface area contributed by atoms with Gasteiger partial charge < -0.3 is 15.2 Å². The van der Waals surface area contributed by atoms with Gasteiger partial charge >= 0.3 is 0 Å². The summed E-state index contributed by atoms with van der Waals surface area (Å²) in [6.45, 7) is 8.96. The highest BCUT2D eigenvalue weighted by atomic mass is 16.3. The van der Waals surface area contributed by atoms with Crippen LogP contribution in [0.3, 0.4) is 0 Å². The highest BCUT2D eigenvalue weighted by Gasteiger charge is 2.57. The van der Waals surface area contributed by atoms with Crippen LogP contribution in [-0.2, 0) is 6.42 Å². The van der Waals surface area contributed by atoms with Crippen molar-refractivity contribution in [2.45, 2.75) is 52.1 Å². The molecular formula is C23H31NO2. The second-order valence-corrected chi connectivity index (χ2v) is 9.09. The highest BCUT2D eigenvalue weighted by Crippen LogP contribution is 2.61. The maximum atomic E-state index is 10.6. The van der Waals surface area contributed by atoms with Crippen LogP contribution in [0.25, 0.3) is 10.9 Å². The zero-order valence-electron chi connectivity index (χ0n) is 16.0. The Morgan fingerprint density at radius 1 is 1.23 bits per heavy atom. The van der Waals surface area contributed by atoms with E-state index >= 15 is 0 Å². The highest BCUT2D eigenvalue weighted by molar-refractivity contribution is 5.83. The molecule has 1 heterocycles. The van der Waals surface area contributed by atoms with E-state index in [1.54, 1.807) is 0 Å². The number of aliphatic hydroxyl groups is 2. The summed E-state index contributed by atoms with van der Waals surface area (Å²) >= 11 is 0. The van der Waals surface area contributed by atoms with Crippen molar-refractivity contribution in [2.75, 3.05) is 6.61 Å². The van der Waals surface area contributed by atoms with Gasteiger partial charge in [-0.3, -0.25) is 0 Å². The quantitative estimate of drug-likeness (QED) is 0.714. The van der Waals surface area contributed by atoms with E-state index in [0.29, 0.717) is 11.8 Å². The standard InChI is InChI=1S/C23H31NO2/c1-15-8-9-20-22(2,11-10-21(26)23(20,3)14-25)18(15)12-16-13-24-19-7-5-4-6-17(16)19/h4-7,13,18,20-21,24-26H,1,8-12,14H2,2-3H3/t18-,20+,21-,22+,23-/m1/s1. The zero-order valence-corrected chi connectivity index (χ0v) is 16.0. The predicted molar refractivity (Wildman–Crippen MR) is 106 cm³/mol. The Hall–Kier alpha value is -1.58. The van der Waals surface area contributed by atoms with Crippen molar-refractivity contribution in [3.05, 3.63) is 48.2 Å². The average molecular weight is 354 g/mol. The van der Waals surface area contributed by atoms with Crippen molar-refractivity contribution >= 4 is 10.9 Å². The van der Waals surface area contributed by atoms with Crippen molar-refractivity contribution in [1.82, 2.24) is 4.98 Å². The first-order chi connectivity index (χ1) is 12.4. The summed E-state index contributed by atoms with van der Waals surface area (Å²) in [4.78, 5) is 3.40. The molecule has 3 nitrogen and oxygen atoms in total. The van der Waals surface area contributed by atoms with Gasteiger partial charge in [0.25, 0.3) is 0 Å². The first-order valence-corrected chi connectivity index (χ1v) is 9.92. The van der Waals surface area contributed by atoms with Crippen molar-refractivity contribution in [3.63, 3.8) is 0 Å². The lowest BCUT2D eigenvalue weighted by Gasteiger charge is -2.60. The molecule has 3 heteroatoms. The van der Waals surface area contributed by atoms with Gasteiger partial charge in [0.05, 0.1) is 12.7 Å². The van der Waals surface area contributed by atoms with Gasteiger partial charge in [-0.2, -0.15) is 0 Å². The molecule has 0 aliphatic heterocycles. The van der Waals surface area contributed by atoms with E-state index in [1.807, 2.05) is 0 Å². The number of aliphatic hydroxyl groups excluding tert-OH is 2. The minimum absolute atomic E-state index is 0.0563. The molecule has 0 bridgehead atoms. The number of aromatic nitrogens is 1. The Bertz CT molecular complexity index is 824. The molecule has 0 spiro atoms. The minimum atomic E-state index is -0.411. The Labute approximate surface area is 156 Å². The van der Waals surface area contributed by atoms with Crippen molar-refractivity contribution < 1.29 is 10.2 Å². The van der Waals surface area contributed by atoms with Gasteiger partial charge in [-0.1, -0.05) is 44.2 Å². The summed E-state index contributed by atoms with van der Waals surface area (Å²) in [5, 5.41) is 22.1. The average Bonchev–Trinajstić information content (AvgIpc) is 3.05. The van der Waals surface area contributed by atoms with E-state index in [-0.39, 0.29) is 12.0 Å². The van der Waals surface area contributed by atoms with Crippen LogP contribution in [0, 0.1) is 22.7 Å². The van der Waals surface area contributed by atoms with Gasteiger partial charge in [0.15, 0.2) is 0 Å². The summed E-state index contributed by atoms with van der Waals surface area (Å²) in [6.07, 6.45) is 6.50. The van der Waals surface area contributed by atoms with Crippen LogP contribution in [0.2, 0.25) is 0 Å². The second kappa shape index (κ2) is 6.24. The molecule has 5 atom stereocenters. The lowest BCUT2D eigenvalue weighted by Crippen LogP contribution is -2.57. The number of aromatic amines is 1. The molecule has 0 unspecified atom stereocenters. The van der Waals surface area contributed by atoms with Crippen LogP contribution in [0.5, 0.6) is 0 Å². The Balaban J connectivity index is 1.72. The molecule has 2 fully saturated rings. The molecule has 1 aromatic carbocycles. The van der Waals surface area contributed by atoms with Crippen LogP contribution in [0.15, 0.2) is 42.6 Å². The lowest BCUT2D eigenvalue weighted by atomic mass is 9.46. The third kappa shape index (κ3) is 2.48. The van der Waals surface area contributed by atoms with Crippen LogP contribution in [-0.4, -0.2) is 27.9 Å². The first-order valence-electron chi connectivity index (χ1n) is 9.92. The molecule has 26 heavy (non-hydrogen) atoms. The Morgan fingerprint density at radius 2 is 2.00 bits per heavy atom. The zero-order chi connectivity index (χ0) is 18.5. The topological polar surface area (TPSA) is 56.2 Å². The SMILES string of the molecule is C=C1CC[C@@H]2[C@@](C)(CO)[C@H](O)CC[C@@]2(C)[C@@H]1Cc1c[nH]c2ccccc12. The molecule has 140 valence electrons. The molecule has 0 radical (unpaired) electrons. The van der Waals surface area contributed by atoms with Gasteiger partial charge in [0, 0.05) is 22.5 Å². The number of fused-ring (bicyclic) bond motifs is 2. The van der Waals surface area contributed by atoms with Gasteiger partial charge in [0.2, 0.25) is 0 Å².